The van der Waals surface area contributed by atoms with Crippen molar-refractivity contribution >= 4 is 0 Å². The number of rotatable bonds is 9. The van der Waals surface area contributed by atoms with Crippen LogP contribution < -0.4 is 4.74 Å². The van der Waals surface area contributed by atoms with Gasteiger partial charge >= 0.3 is 0 Å². The summed E-state index contributed by atoms with van der Waals surface area (Å²) in [6, 6.07) is 7.49. The first-order valence-corrected chi connectivity index (χ1v) is 7.03. The summed E-state index contributed by atoms with van der Waals surface area (Å²) in [5, 5.41) is 10.2. The summed E-state index contributed by atoms with van der Waals surface area (Å²) in [6.45, 7) is 7.33. The highest BCUT2D eigenvalue weighted by Gasteiger charge is 2.17. The average Bonchev–Trinajstić information content (AvgIpc) is 2.44. The van der Waals surface area contributed by atoms with E-state index in [9.17, 15) is 5.11 Å². The fourth-order valence-electron chi connectivity index (χ4n) is 1.75. The van der Waals surface area contributed by atoms with Crippen LogP contribution in [-0.4, -0.2) is 37.6 Å². The second-order valence-corrected chi connectivity index (χ2v) is 5.28. The molecule has 0 heterocycles. The molecule has 0 aliphatic carbocycles. The third-order valence-electron chi connectivity index (χ3n) is 3.25. The van der Waals surface area contributed by atoms with Crippen molar-refractivity contribution in [1.29, 1.82) is 0 Å². The van der Waals surface area contributed by atoms with Crippen LogP contribution >= 0.6 is 0 Å². The number of benzene rings is 1. The maximum absolute atomic E-state index is 10.2. The molecule has 0 radical (unpaired) electrons. The molecule has 4 nitrogen and oxygen atoms in total. The molecule has 1 aromatic carbocycles. The van der Waals surface area contributed by atoms with Crippen molar-refractivity contribution in [3.63, 3.8) is 0 Å². The van der Waals surface area contributed by atoms with E-state index in [1.54, 1.807) is 7.11 Å². The Hall–Kier alpha value is -1.10. The zero-order valence-corrected chi connectivity index (χ0v) is 12.9. The monoisotopic (exact) mass is 282 g/mol. The molecule has 0 aromatic heterocycles. The van der Waals surface area contributed by atoms with Gasteiger partial charge in [-0.3, -0.25) is 0 Å². The summed E-state index contributed by atoms with van der Waals surface area (Å²) < 4.78 is 16.4. The molecule has 0 aliphatic heterocycles. The Balaban J connectivity index is 2.45. The van der Waals surface area contributed by atoms with E-state index in [4.69, 9.17) is 14.2 Å². The van der Waals surface area contributed by atoms with Crippen molar-refractivity contribution in [1.82, 2.24) is 0 Å². The largest absolute Gasteiger partial charge is 0.493 e. The van der Waals surface area contributed by atoms with Gasteiger partial charge in [-0.05, 0) is 33.3 Å². The zero-order valence-electron chi connectivity index (χ0n) is 12.9. The molecule has 1 atom stereocenters. The normalized spacial score (nSPS) is 13.2. The van der Waals surface area contributed by atoms with Gasteiger partial charge in [0.2, 0.25) is 0 Å². The lowest BCUT2D eigenvalue weighted by Gasteiger charge is -2.23. The molecule has 1 unspecified atom stereocenters. The van der Waals surface area contributed by atoms with Gasteiger partial charge in [0, 0.05) is 19.3 Å². The Morgan fingerprint density at radius 3 is 2.60 bits per heavy atom. The summed E-state index contributed by atoms with van der Waals surface area (Å²) in [5.74, 6) is 0.711. The maximum atomic E-state index is 10.2. The molecule has 0 saturated heterocycles. The highest BCUT2D eigenvalue weighted by Crippen LogP contribution is 2.25. The van der Waals surface area contributed by atoms with Gasteiger partial charge in [-0.15, -0.1) is 0 Å². The van der Waals surface area contributed by atoms with E-state index in [2.05, 4.69) is 0 Å². The molecule has 1 aromatic rings. The standard InChI is InChI=1S/C16H26O4/c1-5-20-15-9-7-6-8-13(15)14(17)12-19-11-10-16(2,3)18-4/h6-9,14,17H,5,10-12H2,1-4H3. The van der Waals surface area contributed by atoms with E-state index in [1.165, 1.54) is 0 Å². The zero-order chi connectivity index (χ0) is 15.0. The predicted octanol–water partition coefficient (Wildman–Crippen LogP) is 2.95. The molecule has 0 fully saturated rings. The first-order valence-electron chi connectivity index (χ1n) is 7.03. The summed E-state index contributed by atoms with van der Waals surface area (Å²) in [5.41, 5.74) is 0.564. The molecule has 0 saturated carbocycles. The minimum absolute atomic E-state index is 0.200. The van der Waals surface area contributed by atoms with Crippen molar-refractivity contribution in [2.24, 2.45) is 0 Å². The van der Waals surface area contributed by atoms with Crippen molar-refractivity contribution < 1.29 is 19.3 Å². The second kappa shape index (κ2) is 8.25. The van der Waals surface area contributed by atoms with Crippen LogP contribution in [0.2, 0.25) is 0 Å². The van der Waals surface area contributed by atoms with E-state index < -0.39 is 6.10 Å². The Kier molecular flexibility index (Phi) is 6.99. The summed E-state index contributed by atoms with van der Waals surface area (Å²) in [7, 11) is 1.69. The molecule has 0 spiro atoms. The third-order valence-corrected chi connectivity index (χ3v) is 3.25. The van der Waals surface area contributed by atoms with Crippen molar-refractivity contribution in [3.8, 4) is 5.75 Å². The quantitative estimate of drug-likeness (QED) is 0.707. The first kappa shape index (κ1) is 17.0. The van der Waals surface area contributed by atoms with Crippen LogP contribution in [0.25, 0.3) is 0 Å². The van der Waals surface area contributed by atoms with Crippen LogP contribution in [0.1, 0.15) is 38.9 Å². The molecule has 114 valence electrons. The molecule has 1 N–H and O–H groups in total. The van der Waals surface area contributed by atoms with E-state index in [0.29, 0.717) is 19.0 Å². The van der Waals surface area contributed by atoms with Crippen LogP contribution in [-0.2, 0) is 9.47 Å². The highest BCUT2D eigenvalue weighted by molar-refractivity contribution is 5.35. The van der Waals surface area contributed by atoms with Gasteiger partial charge in [-0.1, -0.05) is 18.2 Å². The number of aliphatic hydroxyl groups excluding tert-OH is 1. The Labute approximate surface area is 121 Å². The molecular formula is C16H26O4. The van der Waals surface area contributed by atoms with Gasteiger partial charge in [0.1, 0.15) is 11.9 Å². The van der Waals surface area contributed by atoms with E-state index in [0.717, 1.165) is 12.0 Å². The Morgan fingerprint density at radius 2 is 1.95 bits per heavy atom. The van der Waals surface area contributed by atoms with Crippen LogP contribution in [0.15, 0.2) is 24.3 Å². The van der Waals surface area contributed by atoms with Gasteiger partial charge < -0.3 is 19.3 Å². The van der Waals surface area contributed by atoms with Gasteiger partial charge in [0.15, 0.2) is 0 Å². The number of hydrogen-bond donors (Lipinski definition) is 1. The van der Waals surface area contributed by atoms with Crippen molar-refractivity contribution in [3.05, 3.63) is 29.8 Å². The van der Waals surface area contributed by atoms with Crippen LogP contribution in [0.3, 0.4) is 0 Å². The summed E-state index contributed by atoms with van der Waals surface area (Å²) in [4.78, 5) is 0. The fourth-order valence-corrected chi connectivity index (χ4v) is 1.75. The fraction of sp³-hybridized carbons (Fsp3) is 0.625. The minimum atomic E-state index is -0.677. The Bertz CT molecular complexity index is 390. The molecule has 1 rings (SSSR count). The number of hydrogen-bond acceptors (Lipinski definition) is 4. The number of para-hydroxylation sites is 1. The number of methoxy groups -OCH3 is 1. The lowest BCUT2D eigenvalue weighted by molar-refractivity contribution is -0.0252. The lowest BCUT2D eigenvalue weighted by atomic mass is 10.1. The van der Waals surface area contributed by atoms with Gasteiger partial charge in [-0.2, -0.15) is 0 Å². The van der Waals surface area contributed by atoms with E-state index in [-0.39, 0.29) is 12.2 Å². The second-order valence-electron chi connectivity index (χ2n) is 5.28. The number of ether oxygens (including phenoxy) is 3. The highest BCUT2D eigenvalue weighted by atomic mass is 16.5. The van der Waals surface area contributed by atoms with Crippen LogP contribution in [0, 0.1) is 0 Å². The molecule has 0 amide bonds. The maximum Gasteiger partial charge on any atom is 0.125 e. The van der Waals surface area contributed by atoms with Crippen molar-refractivity contribution in [2.45, 2.75) is 38.9 Å². The number of aliphatic hydroxyl groups is 1. The van der Waals surface area contributed by atoms with Crippen LogP contribution in [0.4, 0.5) is 0 Å². The molecule has 20 heavy (non-hydrogen) atoms. The predicted molar refractivity (Wildman–Crippen MR) is 79.1 cm³/mol. The third kappa shape index (κ3) is 5.49. The minimum Gasteiger partial charge on any atom is -0.493 e. The van der Waals surface area contributed by atoms with Gasteiger partial charge in [0.25, 0.3) is 0 Å². The smallest absolute Gasteiger partial charge is 0.125 e. The molecule has 4 heteroatoms. The summed E-state index contributed by atoms with van der Waals surface area (Å²) >= 11 is 0. The average molecular weight is 282 g/mol. The van der Waals surface area contributed by atoms with E-state index in [1.807, 2.05) is 45.0 Å². The lowest BCUT2D eigenvalue weighted by Crippen LogP contribution is -2.25. The van der Waals surface area contributed by atoms with E-state index >= 15 is 0 Å². The molecule has 0 aliphatic rings. The molecule has 0 bridgehead atoms. The Morgan fingerprint density at radius 1 is 1.25 bits per heavy atom. The van der Waals surface area contributed by atoms with Crippen LogP contribution in [0.5, 0.6) is 5.75 Å². The summed E-state index contributed by atoms with van der Waals surface area (Å²) in [6.07, 6.45) is 0.104. The topological polar surface area (TPSA) is 47.9 Å². The molecular weight excluding hydrogens is 256 g/mol. The van der Waals surface area contributed by atoms with Gasteiger partial charge in [-0.25, -0.2) is 0 Å². The first-order chi connectivity index (χ1) is 9.50. The van der Waals surface area contributed by atoms with Crippen molar-refractivity contribution in [2.75, 3.05) is 26.9 Å². The SMILES string of the molecule is CCOc1ccccc1C(O)COCCC(C)(C)OC. The van der Waals surface area contributed by atoms with Gasteiger partial charge in [0.05, 0.1) is 18.8 Å².